The number of rotatable bonds is 5. The molecular weight excluding hydrogens is 282 g/mol. The Bertz CT molecular complexity index is 380. The molecule has 0 amide bonds. The number of halogens is 3. The molecule has 0 fully saturated rings. The number of alkyl halides is 3. The summed E-state index contributed by atoms with van der Waals surface area (Å²) in [5, 5.41) is 0.216. The number of carbonyl (C=O) groups excluding carboxylic acids is 1. The Morgan fingerprint density at radius 1 is 1.44 bits per heavy atom. The van der Waals surface area contributed by atoms with E-state index in [2.05, 4.69) is 15.9 Å². The number of hydrogen-bond acceptors (Lipinski definition) is 2. The van der Waals surface area contributed by atoms with Gasteiger partial charge in [-0.25, -0.2) is 8.78 Å². The van der Waals surface area contributed by atoms with Crippen molar-refractivity contribution in [1.82, 2.24) is 0 Å². The first-order valence-electron chi connectivity index (χ1n) is 4.60. The average Bonchev–Trinajstić information content (AvgIpc) is 2.28. The van der Waals surface area contributed by atoms with Crippen molar-refractivity contribution < 1.29 is 18.3 Å². The molecule has 88 valence electrons. The van der Waals surface area contributed by atoms with E-state index in [1.807, 2.05) is 0 Å². The van der Waals surface area contributed by atoms with Crippen molar-refractivity contribution in [2.75, 3.05) is 12.4 Å². The number of methoxy groups -OCH3 is 1. The lowest BCUT2D eigenvalue weighted by molar-refractivity contribution is -0.115. The van der Waals surface area contributed by atoms with E-state index in [1.54, 1.807) is 6.07 Å². The van der Waals surface area contributed by atoms with Gasteiger partial charge in [0.25, 0.3) is 6.43 Å². The molecule has 0 unspecified atom stereocenters. The molecule has 1 rings (SSSR count). The molecule has 0 N–H and O–H groups in total. The predicted molar refractivity (Wildman–Crippen MR) is 60.5 cm³/mol. The summed E-state index contributed by atoms with van der Waals surface area (Å²) in [5.74, 6) is 0.281. The standard InChI is InChI=1S/C11H11BrF2O2/c1-16-10-4-7(3-9(15)6-12)2-8(5-10)11(13)14/h2,4-5,11H,3,6H2,1H3. The van der Waals surface area contributed by atoms with Crippen LogP contribution in [0.5, 0.6) is 5.75 Å². The number of hydrogen-bond donors (Lipinski definition) is 0. The lowest BCUT2D eigenvalue weighted by Crippen LogP contribution is -2.04. The maximum absolute atomic E-state index is 12.5. The van der Waals surface area contributed by atoms with E-state index < -0.39 is 6.43 Å². The van der Waals surface area contributed by atoms with Gasteiger partial charge in [0.15, 0.2) is 0 Å². The minimum atomic E-state index is -2.56. The quantitative estimate of drug-likeness (QED) is 0.780. The number of ketones is 1. The minimum Gasteiger partial charge on any atom is -0.497 e. The summed E-state index contributed by atoms with van der Waals surface area (Å²) in [6, 6.07) is 4.19. The summed E-state index contributed by atoms with van der Waals surface area (Å²) in [4.78, 5) is 11.2. The fourth-order valence-electron chi connectivity index (χ4n) is 1.31. The molecule has 0 bridgehead atoms. The maximum Gasteiger partial charge on any atom is 0.263 e. The Labute approximate surface area is 101 Å². The van der Waals surface area contributed by atoms with Gasteiger partial charge in [-0.2, -0.15) is 0 Å². The zero-order valence-electron chi connectivity index (χ0n) is 8.67. The smallest absolute Gasteiger partial charge is 0.263 e. The van der Waals surface area contributed by atoms with Gasteiger partial charge in [0.05, 0.1) is 12.4 Å². The molecule has 2 nitrogen and oxygen atoms in total. The minimum absolute atomic E-state index is 0.0616. The third-order valence-electron chi connectivity index (χ3n) is 2.03. The van der Waals surface area contributed by atoms with E-state index in [-0.39, 0.29) is 23.1 Å². The monoisotopic (exact) mass is 292 g/mol. The predicted octanol–water partition coefficient (Wildman–Crippen LogP) is 3.14. The van der Waals surface area contributed by atoms with Gasteiger partial charge in [-0.15, -0.1) is 0 Å². The highest BCUT2D eigenvalue weighted by Gasteiger charge is 2.11. The van der Waals surface area contributed by atoms with E-state index in [9.17, 15) is 13.6 Å². The highest BCUT2D eigenvalue weighted by molar-refractivity contribution is 9.09. The van der Waals surface area contributed by atoms with Crippen molar-refractivity contribution in [2.24, 2.45) is 0 Å². The highest BCUT2D eigenvalue weighted by Crippen LogP contribution is 2.25. The zero-order chi connectivity index (χ0) is 12.1. The van der Waals surface area contributed by atoms with Gasteiger partial charge in [-0.05, 0) is 23.8 Å². The summed E-state index contributed by atoms with van der Waals surface area (Å²) in [7, 11) is 1.40. The first kappa shape index (κ1) is 13.1. The molecule has 1 aromatic carbocycles. The van der Waals surface area contributed by atoms with Crippen LogP contribution in [0.15, 0.2) is 18.2 Å². The fraction of sp³-hybridized carbons (Fsp3) is 0.364. The Morgan fingerprint density at radius 3 is 2.62 bits per heavy atom. The average molecular weight is 293 g/mol. The van der Waals surface area contributed by atoms with Gasteiger partial charge in [0, 0.05) is 12.0 Å². The van der Waals surface area contributed by atoms with Crippen LogP contribution in [0.1, 0.15) is 17.6 Å². The molecule has 1 aromatic rings. The van der Waals surface area contributed by atoms with Gasteiger partial charge < -0.3 is 4.74 Å². The van der Waals surface area contributed by atoms with Crippen LogP contribution in [0.3, 0.4) is 0 Å². The molecule has 0 atom stereocenters. The van der Waals surface area contributed by atoms with Gasteiger partial charge in [-0.1, -0.05) is 15.9 Å². The molecule has 0 aromatic heterocycles. The van der Waals surface area contributed by atoms with E-state index in [0.717, 1.165) is 0 Å². The molecule has 0 saturated carbocycles. The second kappa shape index (κ2) is 5.94. The lowest BCUT2D eigenvalue weighted by Gasteiger charge is -2.07. The molecule has 0 radical (unpaired) electrons. The molecule has 0 aliphatic heterocycles. The summed E-state index contributed by atoms with van der Waals surface area (Å²) in [5.41, 5.74) is 0.413. The Kier molecular flexibility index (Phi) is 4.86. The molecule has 5 heteroatoms. The number of benzene rings is 1. The zero-order valence-corrected chi connectivity index (χ0v) is 10.3. The van der Waals surface area contributed by atoms with Crippen LogP contribution in [0.2, 0.25) is 0 Å². The Hall–Kier alpha value is -0.970. The number of Topliss-reactive ketones (excluding diaryl/α,β-unsaturated/α-hetero) is 1. The van der Waals surface area contributed by atoms with Crippen molar-refractivity contribution >= 4 is 21.7 Å². The normalized spacial score (nSPS) is 10.6. The van der Waals surface area contributed by atoms with E-state index in [1.165, 1.54) is 19.2 Å². The molecule has 16 heavy (non-hydrogen) atoms. The van der Waals surface area contributed by atoms with Crippen LogP contribution in [-0.4, -0.2) is 18.2 Å². The van der Waals surface area contributed by atoms with E-state index >= 15 is 0 Å². The SMILES string of the molecule is COc1cc(CC(=O)CBr)cc(C(F)F)c1. The third kappa shape index (κ3) is 3.56. The van der Waals surface area contributed by atoms with Crippen LogP contribution in [0, 0.1) is 0 Å². The van der Waals surface area contributed by atoms with Crippen LogP contribution in [0.25, 0.3) is 0 Å². The van der Waals surface area contributed by atoms with Crippen molar-refractivity contribution in [2.45, 2.75) is 12.8 Å². The van der Waals surface area contributed by atoms with Gasteiger partial charge >= 0.3 is 0 Å². The number of carbonyl (C=O) groups is 1. The van der Waals surface area contributed by atoms with Crippen molar-refractivity contribution in [3.63, 3.8) is 0 Å². The summed E-state index contributed by atoms with van der Waals surface area (Å²) >= 11 is 3.03. The number of ether oxygens (including phenoxy) is 1. The largest absolute Gasteiger partial charge is 0.497 e. The maximum atomic E-state index is 12.5. The molecular formula is C11H11BrF2O2. The molecule has 0 aliphatic carbocycles. The van der Waals surface area contributed by atoms with Crippen LogP contribution in [0.4, 0.5) is 8.78 Å². The summed E-state index contributed by atoms with van der Waals surface area (Å²) in [6.45, 7) is 0. The van der Waals surface area contributed by atoms with Crippen molar-refractivity contribution in [3.05, 3.63) is 29.3 Å². The van der Waals surface area contributed by atoms with Gasteiger partial charge in [-0.3, -0.25) is 4.79 Å². The fourth-order valence-corrected chi connectivity index (χ4v) is 1.51. The second-order valence-corrected chi connectivity index (χ2v) is 3.82. The van der Waals surface area contributed by atoms with Crippen molar-refractivity contribution in [3.8, 4) is 5.75 Å². The highest BCUT2D eigenvalue weighted by atomic mass is 79.9. The van der Waals surface area contributed by atoms with Crippen LogP contribution < -0.4 is 4.74 Å². The van der Waals surface area contributed by atoms with Crippen LogP contribution in [-0.2, 0) is 11.2 Å². The van der Waals surface area contributed by atoms with Gasteiger partial charge in [0.2, 0.25) is 0 Å². The van der Waals surface area contributed by atoms with E-state index in [0.29, 0.717) is 11.3 Å². The first-order valence-corrected chi connectivity index (χ1v) is 5.72. The third-order valence-corrected chi connectivity index (χ3v) is 2.65. The molecule has 0 aliphatic rings. The van der Waals surface area contributed by atoms with Crippen molar-refractivity contribution in [1.29, 1.82) is 0 Å². The molecule has 0 spiro atoms. The lowest BCUT2D eigenvalue weighted by atomic mass is 10.1. The Morgan fingerprint density at radius 2 is 2.12 bits per heavy atom. The Balaban J connectivity index is 2.99. The topological polar surface area (TPSA) is 26.3 Å². The van der Waals surface area contributed by atoms with E-state index in [4.69, 9.17) is 4.74 Å². The van der Waals surface area contributed by atoms with Crippen LogP contribution >= 0.6 is 15.9 Å². The second-order valence-electron chi connectivity index (χ2n) is 3.26. The first-order chi connectivity index (χ1) is 7.56. The van der Waals surface area contributed by atoms with Gasteiger partial charge in [0.1, 0.15) is 11.5 Å². The summed E-state index contributed by atoms with van der Waals surface area (Å²) in [6.07, 6.45) is -2.43. The molecule has 0 saturated heterocycles. The molecule has 0 heterocycles. The summed E-state index contributed by atoms with van der Waals surface area (Å²) < 4.78 is 30.0.